The summed E-state index contributed by atoms with van der Waals surface area (Å²) >= 11 is 0. The number of aliphatic hydroxyl groups is 1. The van der Waals surface area contributed by atoms with E-state index in [2.05, 4.69) is 8.62 Å². The quantitative estimate of drug-likeness (QED) is 0.299. The molecule has 11 nitrogen and oxygen atoms in total. The largest absolute Gasteiger partial charge is 4.00 e. The van der Waals surface area contributed by atoms with Crippen molar-refractivity contribution in [3.05, 3.63) is 0 Å². The smallest absolute Gasteiger partial charge is 0.781 e. The van der Waals surface area contributed by atoms with Gasteiger partial charge >= 0.3 is 25.8 Å². The molecule has 0 aliphatic heterocycles. The number of hydrogen-bond acceptors (Lipinski definition) is 11. The summed E-state index contributed by atoms with van der Waals surface area (Å²) < 4.78 is 43.6. The molecule has 4 unspecified atom stereocenters. The minimum absolute atomic E-state index is 0. The van der Waals surface area contributed by atoms with Crippen LogP contribution in [0.2, 0.25) is 0 Å². The van der Waals surface area contributed by atoms with E-state index in [0.717, 1.165) is 7.11 Å². The van der Waals surface area contributed by atoms with E-state index in [9.17, 15) is 37.8 Å². The van der Waals surface area contributed by atoms with Crippen LogP contribution in [0.15, 0.2) is 0 Å². The summed E-state index contributed by atoms with van der Waals surface area (Å²) in [5.41, 5.74) is 0. The number of hydrogen-bond donors (Lipinski definition) is 1. The van der Waals surface area contributed by atoms with E-state index >= 15 is 0 Å². The molecule has 0 aromatic carbocycles. The van der Waals surface area contributed by atoms with Crippen LogP contribution >= 0.6 is 33.0 Å². The second-order valence-corrected chi connectivity index (χ2v) is 4.84. The monoisotopic (exact) mass is 500 g/mol. The minimum atomic E-state index is -3.51. The van der Waals surface area contributed by atoms with Crippen LogP contribution in [0.4, 0.5) is 0 Å². The Labute approximate surface area is 117 Å². The van der Waals surface area contributed by atoms with Crippen molar-refractivity contribution in [2.45, 2.75) is 0 Å². The van der Waals surface area contributed by atoms with Crippen LogP contribution in [0.1, 0.15) is 0 Å². The fourth-order valence-corrected chi connectivity index (χ4v) is 1.22. The van der Waals surface area contributed by atoms with Gasteiger partial charge in [0.1, 0.15) is 33.0 Å². The first-order chi connectivity index (χ1) is 7.25. The van der Waals surface area contributed by atoms with Gasteiger partial charge in [0, 0.05) is 7.11 Å². The molecule has 0 aromatic rings. The topological polar surface area (TPSA) is 199 Å². The molecular formula is CH8HfO11P4. The molecule has 17 heavy (non-hydrogen) atoms. The van der Waals surface area contributed by atoms with Gasteiger partial charge in [-0.25, -0.2) is 0 Å². The molecular weight excluding hydrogens is 490 g/mol. The van der Waals surface area contributed by atoms with E-state index in [-0.39, 0.29) is 25.8 Å². The van der Waals surface area contributed by atoms with Crippen LogP contribution in [0.5, 0.6) is 0 Å². The van der Waals surface area contributed by atoms with Crippen molar-refractivity contribution >= 4 is 33.0 Å². The van der Waals surface area contributed by atoms with Gasteiger partial charge in [-0.15, -0.1) is 0 Å². The Kier molecular flexibility index (Phi) is 31.5. The van der Waals surface area contributed by atoms with E-state index < -0.39 is 33.0 Å². The Morgan fingerprint density at radius 3 is 0.824 bits per heavy atom. The zero-order valence-electron chi connectivity index (χ0n) is 8.03. The normalized spacial score (nSPS) is 15.6. The Morgan fingerprint density at radius 2 is 0.824 bits per heavy atom. The Hall–Kier alpha value is 1.51. The molecule has 0 spiro atoms. The third-order valence-electron chi connectivity index (χ3n) is 0.333. The van der Waals surface area contributed by atoms with E-state index in [0.29, 0.717) is 0 Å². The van der Waals surface area contributed by atoms with Crippen molar-refractivity contribution in [2.24, 2.45) is 0 Å². The average molecular weight is 498 g/mol. The molecule has 0 aromatic heterocycles. The second-order valence-electron chi connectivity index (χ2n) is 1.20. The third kappa shape index (κ3) is 46.6. The van der Waals surface area contributed by atoms with Crippen LogP contribution < -0.4 is 19.6 Å². The summed E-state index contributed by atoms with van der Waals surface area (Å²) in [4.78, 5) is 37.1. The zero-order chi connectivity index (χ0) is 13.7. The molecule has 4 atom stereocenters. The fraction of sp³-hybridized carbons (Fsp3) is 1.00. The van der Waals surface area contributed by atoms with Crippen molar-refractivity contribution in [1.29, 1.82) is 0 Å². The third-order valence-corrected chi connectivity index (χ3v) is 3.00. The van der Waals surface area contributed by atoms with E-state index in [4.69, 9.17) is 5.11 Å². The van der Waals surface area contributed by atoms with Gasteiger partial charge in [0.15, 0.2) is 0 Å². The van der Waals surface area contributed by atoms with Gasteiger partial charge in [-0.2, -0.15) is 0 Å². The molecule has 0 saturated heterocycles. The second kappa shape index (κ2) is 19.8. The predicted octanol–water partition coefficient (Wildman–Crippen LogP) is -3.39. The maximum atomic E-state index is 9.29. The number of rotatable bonds is 4. The maximum absolute atomic E-state index is 9.29. The molecule has 102 valence electrons. The Morgan fingerprint density at radius 1 is 0.706 bits per heavy atom. The van der Waals surface area contributed by atoms with Gasteiger partial charge in [-0.3, -0.25) is 8.62 Å². The van der Waals surface area contributed by atoms with E-state index in [1.807, 2.05) is 0 Å². The summed E-state index contributed by atoms with van der Waals surface area (Å²) in [5, 5.41) is 7.00. The van der Waals surface area contributed by atoms with Crippen molar-refractivity contribution in [3.63, 3.8) is 0 Å². The zero-order valence-corrected chi connectivity index (χ0v) is 15.6. The van der Waals surface area contributed by atoms with Gasteiger partial charge in [0.25, 0.3) is 0 Å². The Balaban J connectivity index is -0.0000000823. The van der Waals surface area contributed by atoms with Gasteiger partial charge in [-0.1, -0.05) is 0 Å². The van der Waals surface area contributed by atoms with Crippen LogP contribution in [0.3, 0.4) is 0 Å². The van der Waals surface area contributed by atoms with Crippen molar-refractivity contribution < 1.29 is 77.4 Å². The molecule has 0 rings (SSSR count). The van der Waals surface area contributed by atoms with E-state index in [1.54, 1.807) is 0 Å². The van der Waals surface area contributed by atoms with Gasteiger partial charge < -0.3 is 42.9 Å². The van der Waals surface area contributed by atoms with Crippen LogP contribution in [-0.2, 0) is 52.7 Å². The molecule has 16 heteroatoms. The average Bonchev–Trinajstić information content (AvgIpc) is 2.03. The Bertz CT molecular complexity index is 202. The number of aliphatic hydroxyl groups excluding tert-OH is 1. The molecule has 0 fully saturated rings. The molecule has 0 radical (unpaired) electrons. The maximum Gasteiger partial charge on any atom is 4.00 e. The SMILES string of the molecule is CO.O=[PH]([O-])O[PH](=O)[O-].O=[PH]([O-])O[PH](=O)[O-].[Hf+4]. The van der Waals surface area contributed by atoms with Crippen LogP contribution in [-0.4, -0.2) is 12.2 Å². The summed E-state index contributed by atoms with van der Waals surface area (Å²) in [6.07, 6.45) is 0. The first-order valence-electron chi connectivity index (χ1n) is 2.90. The molecule has 0 bridgehead atoms. The fourth-order valence-electron chi connectivity index (χ4n) is 0.136. The van der Waals surface area contributed by atoms with Crippen LogP contribution in [0.25, 0.3) is 0 Å². The van der Waals surface area contributed by atoms with Crippen molar-refractivity contribution in [2.75, 3.05) is 7.11 Å². The summed E-state index contributed by atoms with van der Waals surface area (Å²) in [6, 6.07) is 0. The van der Waals surface area contributed by atoms with Crippen molar-refractivity contribution in [1.82, 2.24) is 0 Å². The molecule has 0 heterocycles. The minimum Gasteiger partial charge on any atom is -0.781 e. The first-order valence-corrected chi connectivity index (χ1v) is 7.80. The molecule has 0 aliphatic rings. The first kappa shape index (κ1) is 27.0. The van der Waals surface area contributed by atoms with Crippen molar-refractivity contribution in [3.8, 4) is 0 Å². The summed E-state index contributed by atoms with van der Waals surface area (Å²) in [7, 11) is -13.1. The molecule has 1 N–H and O–H groups in total. The molecule has 0 aliphatic carbocycles. The van der Waals surface area contributed by atoms with Gasteiger partial charge in [-0.05, 0) is 0 Å². The predicted molar refractivity (Wildman–Crippen MR) is 46.3 cm³/mol. The standard InChI is InChI=1S/CH4O.Hf.2H4O5P2/c1-2;;2*1-6(2)5-7(3)4/h2H,1H3;;2*6-7H,(H,1,2)(H,3,4)/q;+4;;/p-4. The molecule has 0 amide bonds. The van der Waals surface area contributed by atoms with Crippen LogP contribution in [0, 0.1) is 0 Å². The molecule has 0 saturated carbocycles. The summed E-state index contributed by atoms with van der Waals surface area (Å²) in [5.74, 6) is 0. The van der Waals surface area contributed by atoms with Gasteiger partial charge in [0.05, 0.1) is 0 Å². The summed E-state index contributed by atoms with van der Waals surface area (Å²) in [6.45, 7) is 0. The van der Waals surface area contributed by atoms with Gasteiger partial charge in [0.2, 0.25) is 0 Å². The van der Waals surface area contributed by atoms with E-state index in [1.165, 1.54) is 0 Å².